The van der Waals surface area contributed by atoms with Crippen molar-refractivity contribution >= 4 is 5.69 Å². The molecule has 0 aromatic heterocycles. The Bertz CT molecular complexity index is 284. The molecule has 0 radical (unpaired) electrons. The van der Waals surface area contributed by atoms with Gasteiger partial charge in [-0.2, -0.15) is 0 Å². The highest BCUT2D eigenvalue weighted by atomic mass is 16.8. The maximum atomic E-state index is 9.56. The minimum absolute atomic E-state index is 0.641. The quantitative estimate of drug-likeness (QED) is 0.709. The fraction of sp³-hybridized carbons (Fsp3) is 0.400. The lowest BCUT2D eigenvalue weighted by atomic mass is 10.2. The Hall–Kier alpha value is -1.06. The van der Waals surface area contributed by atoms with Gasteiger partial charge in [-0.3, -0.25) is 5.06 Å². The number of benzene rings is 1. The van der Waals surface area contributed by atoms with E-state index in [0.717, 1.165) is 12.2 Å². The fourth-order valence-corrected chi connectivity index (χ4v) is 1.41. The maximum absolute atomic E-state index is 9.56. The Morgan fingerprint density at radius 2 is 2.08 bits per heavy atom. The first-order valence-corrected chi connectivity index (χ1v) is 4.41. The lowest BCUT2D eigenvalue weighted by Crippen LogP contribution is -2.26. The molecule has 0 spiro atoms. The van der Waals surface area contributed by atoms with Gasteiger partial charge in [0.2, 0.25) is 0 Å². The summed E-state index contributed by atoms with van der Waals surface area (Å²) in [6, 6.07) is 9.78. The Morgan fingerprint density at radius 3 is 2.62 bits per heavy atom. The monoisotopic (exact) mass is 179 g/mol. The standard InChI is InChI=1S/C10H13NO2/c1-10(12)7-8-11(13-10)9-5-3-2-4-6-9/h2-6,12H,7-8H2,1H3. The molecule has 1 unspecified atom stereocenters. The molecule has 0 saturated carbocycles. The largest absolute Gasteiger partial charge is 0.364 e. The highest BCUT2D eigenvalue weighted by molar-refractivity contribution is 5.43. The van der Waals surface area contributed by atoms with Gasteiger partial charge in [-0.1, -0.05) is 18.2 Å². The molecule has 1 saturated heterocycles. The van der Waals surface area contributed by atoms with Gasteiger partial charge < -0.3 is 5.11 Å². The van der Waals surface area contributed by atoms with Crippen LogP contribution in [0.5, 0.6) is 0 Å². The van der Waals surface area contributed by atoms with Crippen LogP contribution in [-0.2, 0) is 4.84 Å². The normalized spacial score (nSPS) is 28.0. The highest BCUT2D eigenvalue weighted by Crippen LogP contribution is 2.27. The Balaban J connectivity index is 2.13. The van der Waals surface area contributed by atoms with Crippen LogP contribution in [0.1, 0.15) is 13.3 Å². The summed E-state index contributed by atoms with van der Waals surface area (Å²) in [6.07, 6.45) is 0.641. The van der Waals surface area contributed by atoms with Crippen LogP contribution < -0.4 is 5.06 Å². The molecular formula is C10H13NO2. The summed E-state index contributed by atoms with van der Waals surface area (Å²) in [6.45, 7) is 2.41. The first-order valence-electron chi connectivity index (χ1n) is 4.41. The van der Waals surface area contributed by atoms with Gasteiger partial charge in [-0.15, -0.1) is 0 Å². The minimum Gasteiger partial charge on any atom is -0.364 e. The van der Waals surface area contributed by atoms with E-state index in [0.29, 0.717) is 6.42 Å². The molecule has 3 heteroatoms. The third-order valence-electron chi connectivity index (χ3n) is 2.13. The summed E-state index contributed by atoms with van der Waals surface area (Å²) < 4.78 is 0. The molecular weight excluding hydrogens is 166 g/mol. The molecule has 1 aliphatic heterocycles. The van der Waals surface area contributed by atoms with E-state index in [9.17, 15) is 5.11 Å². The van der Waals surface area contributed by atoms with Gasteiger partial charge in [0.05, 0.1) is 12.2 Å². The van der Waals surface area contributed by atoms with Gasteiger partial charge >= 0.3 is 0 Å². The van der Waals surface area contributed by atoms with Gasteiger partial charge in [0.25, 0.3) is 0 Å². The predicted molar refractivity (Wildman–Crippen MR) is 50.1 cm³/mol. The molecule has 1 aliphatic rings. The predicted octanol–water partition coefficient (Wildman–Crippen LogP) is 1.54. The van der Waals surface area contributed by atoms with E-state index in [2.05, 4.69) is 0 Å². The molecule has 1 N–H and O–H groups in total. The highest BCUT2D eigenvalue weighted by Gasteiger charge is 2.32. The lowest BCUT2D eigenvalue weighted by Gasteiger charge is -2.20. The second-order valence-corrected chi connectivity index (χ2v) is 3.45. The van der Waals surface area contributed by atoms with E-state index in [-0.39, 0.29) is 0 Å². The van der Waals surface area contributed by atoms with Gasteiger partial charge in [0.1, 0.15) is 0 Å². The summed E-state index contributed by atoms with van der Waals surface area (Å²) in [5.74, 6) is -1.00. The first kappa shape index (κ1) is 8.53. The number of nitrogens with zero attached hydrogens (tertiary/aromatic N) is 1. The molecule has 1 atom stereocenters. The fourth-order valence-electron chi connectivity index (χ4n) is 1.41. The van der Waals surface area contributed by atoms with Crippen LogP contribution in [0.15, 0.2) is 30.3 Å². The van der Waals surface area contributed by atoms with Gasteiger partial charge in [0.15, 0.2) is 5.79 Å². The molecule has 0 aliphatic carbocycles. The van der Waals surface area contributed by atoms with Crippen LogP contribution in [0, 0.1) is 0 Å². The van der Waals surface area contributed by atoms with Crippen molar-refractivity contribution in [2.24, 2.45) is 0 Å². The van der Waals surface area contributed by atoms with Crippen molar-refractivity contribution in [1.29, 1.82) is 0 Å². The van der Waals surface area contributed by atoms with Crippen molar-refractivity contribution in [1.82, 2.24) is 0 Å². The second kappa shape index (κ2) is 3.01. The zero-order chi connectivity index (χ0) is 9.31. The van der Waals surface area contributed by atoms with E-state index in [1.54, 1.807) is 12.0 Å². The average molecular weight is 179 g/mol. The van der Waals surface area contributed by atoms with Crippen LogP contribution in [0.25, 0.3) is 0 Å². The molecule has 1 aromatic rings. The first-order chi connectivity index (χ1) is 6.17. The SMILES string of the molecule is CC1(O)CCN(c2ccccc2)O1. The molecule has 1 aromatic carbocycles. The second-order valence-electron chi connectivity index (χ2n) is 3.45. The van der Waals surface area contributed by atoms with Crippen molar-refractivity contribution in [3.05, 3.63) is 30.3 Å². The molecule has 1 heterocycles. The van der Waals surface area contributed by atoms with Crippen LogP contribution in [0.4, 0.5) is 5.69 Å². The smallest absolute Gasteiger partial charge is 0.190 e. The summed E-state index contributed by atoms with van der Waals surface area (Å²) in [5, 5.41) is 11.3. The topological polar surface area (TPSA) is 32.7 Å². The Kier molecular flexibility index (Phi) is 1.98. The Morgan fingerprint density at radius 1 is 1.38 bits per heavy atom. The van der Waals surface area contributed by atoms with E-state index in [4.69, 9.17) is 4.84 Å². The molecule has 13 heavy (non-hydrogen) atoms. The van der Waals surface area contributed by atoms with Gasteiger partial charge in [-0.05, 0) is 19.1 Å². The maximum Gasteiger partial charge on any atom is 0.190 e. The van der Waals surface area contributed by atoms with E-state index >= 15 is 0 Å². The van der Waals surface area contributed by atoms with Gasteiger partial charge in [-0.25, -0.2) is 4.84 Å². The van der Waals surface area contributed by atoms with Crippen LogP contribution >= 0.6 is 0 Å². The molecule has 3 nitrogen and oxygen atoms in total. The summed E-state index contributed by atoms with van der Waals surface area (Å²) >= 11 is 0. The zero-order valence-electron chi connectivity index (χ0n) is 7.60. The van der Waals surface area contributed by atoms with Crippen LogP contribution in [0.3, 0.4) is 0 Å². The number of aliphatic hydroxyl groups is 1. The molecule has 2 rings (SSSR count). The molecule has 0 amide bonds. The summed E-state index contributed by atoms with van der Waals surface area (Å²) in [4.78, 5) is 5.32. The van der Waals surface area contributed by atoms with Crippen molar-refractivity contribution < 1.29 is 9.94 Å². The zero-order valence-corrected chi connectivity index (χ0v) is 7.60. The van der Waals surface area contributed by atoms with E-state index in [1.165, 1.54) is 0 Å². The number of hydrogen-bond acceptors (Lipinski definition) is 3. The average Bonchev–Trinajstić information content (AvgIpc) is 2.48. The lowest BCUT2D eigenvalue weighted by molar-refractivity contribution is -0.163. The molecule has 0 bridgehead atoms. The van der Waals surface area contributed by atoms with Crippen LogP contribution in [0.2, 0.25) is 0 Å². The van der Waals surface area contributed by atoms with Crippen molar-refractivity contribution in [3.63, 3.8) is 0 Å². The number of hydrogen-bond donors (Lipinski definition) is 1. The third-order valence-corrected chi connectivity index (χ3v) is 2.13. The number of hydroxylamine groups is 1. The molecule has 70 valence electrons. The summed E-state index contributed by atoms with van der Waals surface area (Å²) in [7, 11) is 0. The third kappa shape index (κ3) is 1.82. The molecule has 1 fully saturated rings. The minimum atomic E-state index is -1.00. The van der Waals surface area contributed by atoms with E-state index < -0.39 is 5.79 Å². The number of rotatable bonds is 1. The van der Waals surface area contributed by atoms with Crippen molar-refractivity contribution in [3.8, 4) is 0 Å². The Labute approximate surface area is 77.5 Å². The van der Waals surface area contributed by atoms with Gasteiger partial charge in [0, 0.05) is 6.42 Å². The summed E-state index contributed by atoms with van der Waals surface area (Å²) in [5.41, 5.74) is 0.986. The number of anilines is 1. The van der Waals surface area contributed by atoms with Crippen molar-refractivity contribution in [2.45, 2.75) is 19.1 Å². The van der Waals surface area contributed by atoms with E-state index in [1.807, 2.05) is 30.3 Å². The van der Waals surface area contributed by atoms with Crippen molar-refractivity contribution in [2.75, 3.05) is 11.6 Å². The van der Waals surface area contributed by atoms with Crippen LogP contribution in [-0.4, -0.2) is 17.4 Å². The number of para-hydroxylation sites is 1.